The largest absolute Gasteiger partial charge is 0.497 e. The summed E-state index contributed by atoms with van der Waals surface area (Å²) in [5, 5.41) is 0. The first-order chi connectivity index (χ1) is 9.44. The lowest BCUT2D eigenvalue weighted by molar-refractivity contribution is 0.413. The number of methoxy groups -OCH3 is 1. The van der Waals surface area contributed by atoms with Crippen LogP contribution in [-0.4, -0.2) is 28.1 Å². The summed E-state index contributed by atoms with van der Waals surface area (Å²) in [5.74, 6) is 0.633. The normalized spacial score (nSPS) is 13.2. The minimum Gasteiger partial charge on any atom is -0.497 e. The first-order valence-corrected chi connectivity index (χ1v) is 8.32. The van der Waals surface area contributed by atoms with Crippen LogP contribution in [0.5, 0.6) is 5.75 Å². The molecule has 0 heterocycles. The predicted molar refractivity (Wildman–Crippen MR) is 80.4 cm³/mol. The highest BCUT2D eigenvalue weighted by molar-refractivity contribution is 7.89. The molecule has 1 aromatic rings. The van der Waals surface area contributed by atoms with E-state index in [0.717, 1.165) is 12.8 Å². The molecule has 5 nitrogen and oxygen atoms in total. The second-order valence-corrected chi connectivity index (χ2v) is 6.51. The number of rotatable bonds is 8. The molecule has 0 fully saturated rings. The van der Waals surface area contributed by atoms with Crippen molar-refractivity contribution >= 4 is 10.0 Å². The minimum atomic E-state index is -3.52. The third kappa shape index (κ3) is 4.47. The standard InChI is InChI=1S/C14H24N2O3S/c1-4-5-11(2)16-20(17,18)14-7-6-13(19-3)10-12(14)8-9-15/h6-7,10-11,16H,4-5,8-9,15H2,1-3H3. The average molecular weight is 300 g/mol. The number of nitrogens with one attached hydrogen (secondary N) is 1. The monoisotopic (exact) mass is 300 g/mol. The predicted octanol–water partition coefficient (Wildman–Crippen LogP) is 1.66. The van der Waals surface area contributed by atoms with Crippen LogP contribution in [0.15, 0.2) is 23.1 Å². The molecule has 0 saturated heterocycles. The lowest BCUT2D eigenvalue weighted by Crippen LogP contribution is -2.33. The van der Waals surface area contributed by atoms with E-state index in [9.17, 15) is 8.42 Å². The van der Waals surface area contributed by atoms with Gasteiger partial charge in [-0.2, -0.15) is 0 Å². The Bertz CT molecular complexity index is 529. The molecule has 20 heavy (non-hydrogen) atoms. The summed E-state index contributed by atoms with van der Waals surface area (Å²) in [4.78, 5) is 0.284. The third-order valence-corrected chi connectivity index (χ3v) is 4.74. The second-order valence-electron chi connectivity index (χ2n) is 4.82. The first kappa shape index (κ1) is 16.9. The third-order valence-electron chi connectivity index (χ3n) is 3.05. The van der Waals surface area contributed by atoms with Crippen LogP contribution in [0.4, 0.5) is 0 Å². The van der Waals surface area contributed by atoms with E-state index >= 15 is 0 Å². The maximum atomic E-state index is 12.4. The zero-order chi connectivity index (χ0) is 15.2. The number of hydrogen-bond donors (Lipinski definition) is 2. The van der Waals surface area contributed by atoms with Crippen molar-refractivity contribution in [2.45, 2.75) is 44.0 Å². The van der Waals surface area contributed by atoms with Gasteiger partial charge in [0.2, 0.25) is 10.0 Å². The van der Waals surface area contributed by atoms with Crippen molar-refractivity contribution < 1.29 is 13.2 Å². The molecule has 1 unspecified atom stereocenters. The highest BCUT2D eigenvalue weighted by atomic mass is 32.2. The van der Waals surface area contributed by atoms with Gasteiger partial charge < -0.3 is 10.5 Å². The summed E-state index contributed by atoms with van der Waals surface area (Å²) in [6.45, 7) is 4.28. The second kappa shape index (κ2) is 7.61. The van der Waals surface area contributed by atoms with Gasteiger partial charge in [-0.15, -0.1) is 0 Å². The molecular formula is C14H24N2O3S. The Morgan fingerprint density at radius 3 is 2.65 bits per heavy atom. The first-order valence-electron chi connectivity index (χ1n) is 6.84. The molecule has 0 bridgehead atoms. The molecule has 0 amide bonds. The van der Waals surface area contributed by atoms with Gasteiger partial charge in [0.1, 0.15) is 5.75 Å². The van der Waals surface area contributed by atoms with Gasteiger partial charge in [0, 0.05) is 6.04 Å². The lowest BCUT2D eigenvalue weighted by Gasteiger charge is -2.16. The summed E-state index contributed by atoms with van der Waals surface area (Å²) in [6, 6.07) is 4.87. The average Bonchev–Trinajstić information content (AvgIpc) is 2.38. The molecule has 0 aliphatic rings. The van der Waals surface area contributed by atoms with E-state index in [1.54, 1.807) is 25.3 Å². The Morgan fingerprint density at radius 2 is 2.10 bits per heavy atom. The van der Waals surface area contributed by atoms with Crippen molar-refractivity contribution in [1.29, 1.82) is 0 Å². The number of nitrogens with two attached hydrogens (primary N) is 1. The number of benzene rings is 1. The van der Waals surface area contributed by atoms with Gasteiger partial charge in [-0.25, -0.2) is 13.1 Å². The van der Waals surface area contributed by atoms with E-state index in [4.69, 9.17) is 10.5 Å². The van der Waals surface area contributed by atoms with Gasteiger partial charge in [0.05, 0.1) is 12.0 Å². The Balaban J connectivity index is 3.10. The Hall–Kier alpha value is -1.11. The number of sulfonamides is 1. The van der Waals surface area contributed by atoms with Crippen molar-refractivity contribution in [1.82, 2.24) is 4.72 Å². The summed E-state index contributed by atoms with van der Waals surface area (Å²) < 4.78 is 32.7. The van der Waals surface area contributed by atoms with Crippen molar-refractivity contribution in [3.05, 3.63) is 23.8 Å². The van der Waals surface area contributed by atoms with Crippen LogP contribution >= 0.6 is 0 Å². The molecule has 0 saturated carbocycles. The number of ether oxygens (including phenoxy) is 1. The fraction of sp³-hybridized carbons (Fsp3) is 0.571. The molecule has 6 heteroatoms. The smallest absolute Gasteiger partial charge is 0.241 e. The molecule has 1 atom stereocenters. The molecule has 0 aliphatic carbocycles. The van der Waals surface area contributed by atoms with Crippen LogP contribution < -0.4 is 15.2 Å². The van der Waals surface area contributed by atoms with Crippen LogP contribution in [0.1, 0.15) is 32.3 Å². The van der Waals surface area contributed by atoms with E-state index in [1.807, 2.05) is 13.8 Å². The quantitative estimate of drug-likeness (QED) is 0.765. The van der Waals surface area contributed by atoms with Crippen molar-refractivity contribution in [3.8, 4) is 5.75 Å². The molecule has 114 valence electrons. The molecule has 0 spiro atoms. The van der Waals surface area contributed by atoms with Crippen LogP contribution in [-0.2, 0) is 16.4 Å². The highest BCUT2D eigenvalue weighted by Gasteiger charge is 2.20. The van der Waals surface area contributed by atoms with Crippen molar-refractivity contribution in [3.63, 3.8) is 0 Å². The topological polar surface area (TPSA) is 81.4 Å². The highest BCUT2D eigenvalue weighted by Crippen LogP contribution is 2.22. The molecule has 3 N–H and O–H groups in total. The van der Waals surface area contributed by atoms with Crippen LogP contribution in [0, 0.1) is 0 Å². The molecule has 0 radical (unpaired) electrons. The molecule has 1 aromatic carbocycles. The van der Waals surface area contributed by atoms with Crippen molar-refractivity contribution in [2.75, 3.05) is 13.7 Å². The Morgan fingerprint density at radius 1 is 1.40 bits per heavy atom. The van der Waals surface area contributed by atoms with Gasteiger partial charge in [-0.3, -0.25) is 0 Å². The number of hydrogen-bond acceptors (Lipinski definition) is 4. The fourth-order valence-electron chi connectivity index (χ4n) is 2.12. The summed E-state index contributed by atoms with van der Waals surface area (Å²) in [5.41, 5.74) is 6.24. The SMILES string of the molecule is CCCC(C)NS(=O)(=O)c1ccc(OC)cc1CCN. The maximum absolute atomic E-state index is 12.4. The van der Waals surface area contributed by atoms with E-state index in [2.05, 4.69) is 4.72 Å². The Labute approximate surface area is 121 Å². The van der Waals surface area contributed by atoms with Gasteiger partial charge >= 0.3 is 0 Å². The van der Waals surface area contributed by atoms with Gasteiger partial charge in [0.15, 0.2) is 0 Å². The van der Waals surface area contributed by atoms with Crippen LogP contribution in [0.25, 0.3) is 0 Å². The molecule has 0 aromatic heterocycles. The summed E-state index contributed by atoms with van der Waals surface area (Å²) in [7, 11) is -1.97. The van der Waals surface area contributed by atoms with E-state index in [0.29, 0.717) is 24.3 Å². The van der Waals surface area contributed by atoms with Gasteiger partial charge in [-0.1, -0.05) is 13.3 Å². The minimum absolute atomic E-state index is 0.0853. The van der Waals surface area contributed by atoms with E-state index in [-0.39, 0.29) is 10.9 Å². The zero-order valence-corrected chi connectivity index (χ0v) is 13.2. The fourth-order valence-corrected chi connectivity index (χ4v) is 3.64. The van der Waals surface area contributed by atoms with E-state index < -0.39 is 10.0 Å². The summed E-state index contributed by atoms with van der Waals surface area (Å²) in [6.07, 6.45) is 2.24. The van der Waals surface area contributed by atoms with E-state index in [1.165, 1.54) is 0 Å². The maximum Gasteiger partial charge on any atom is 0.241 e. The van der Waals surface area contributed by atoms with Gasteiger partial charge in [-0.05, 0) is 50.1 Å². The van der Waals surface area contributed by atoms with Crippen LogP contribution in [0.3, 0.4) is 0 Å². The molecular weight excluding hydrogens is 276 g/mol. The summed E-state index contributed by atoms with van der Waals surface area (Å²) >= 11 is 0. The van der Waals surface area contributed by atoms with Gasteiger partial charge in [0.25, 0.3) is 0 Å². The van der Waals surface area contributed by atoms with Crippen molar-refractivity contribution in [2.24, 2.45) is 5.73 Å². The molecule has 1 rings (SSSR count). The van der Waals surface area contributed by atoms with Crippen LogP contribution in [0.2, 0.25) is 0 Å². The lowest BCUT2D eigenvalue weighted by atomic mass is 10.1. The Kier molecular flexibility index (Phi) is 6.45. The zero-order valence-electron chi connectivity index (χ0n) is 12.3. The molecule has 0 aliphatic heterocycles.